The summed E-state index contributed by atoms with van der Waals surface area (Å²) in [4.78, 5) is 16.9. The lowest BCUT2D eigenvalue weighted by Gasteiger charge is -2.13. The minimum absolute atomic E-state index is 0.0573. The fourth-order valence-corrected chi connectivity index (χ4v) is 2.11. The SMILES string of the molecule is CCC(C)NC(=O)c1cc(C)nc2c1cnn2C(C)C. The molecule has 0 bridgehead atoms. The van der Waals surface area contributed by atoms with Crippen molar-refractivity contribution in [3.63, 3.8) is 0 Å². The average molecular weight is 274 g/mol. The van der Waals surface area contributed by atoms with Crippen molar-refractivity contribution >= 4 is 16.9 Å². The molecule has 0 aliphatic rings. The van der Waals surface area contributed by atoms with Crippen molar-refractivity contribution in [2.75, 3.05) is 0 Å². The molecular formula is C15H22N4O. The van der Waals surface area contributed by atoms with E-state index in [4.69, 9.17) is 0 Å². The molecule has 1 atom stereocenters. The molecule has 2 heterocycles. The van der Waals surface area contributed by atoms with Gasteiger partial charge in [-0.25, -0.2) is 9.67 Å². The van der Waals surface area contributed by atoms with Crippen molar-refractivity contribution in [3.05, 3.63) is 23.5 Å². The molecule has 2 rings (SSSR count). The molecule has 1 amide bonds. The first-order chi connectivity index (χ1) is 9.43. The van der Waals surface area contributed by atoms with Crippen molar-refractivity contribution in [2.24, 2.45) is 0 Å². The van der Waals surface area contributed by atoms with Crippen LogP contribution in [-0.4, -0.2) is 26.7 Å². The van der Waals surface area contributed by atoms with Crippen LogP contribution in [-0.2, 0) is 0 Å². The third-order valence-electron chi connectivity index (χ3n) is 3.42. The Morgan fingerprint density at radius 3 is 2.70 bits per heavy atom. The van der Waals surface area contributed by atoms with Crippen LogP contribution in [0.3, 0.4) is 0 Å². The standard InChI is InChI=1S/C15H22N4O/c1-6-10(4)18-15(20)12-7-11(5)17-14-13(12)8-16-19(14)9(2)3/h7-10H,6H2,1-5H3,(H,18,20). The van der Waals surface area contributed by atoms with E-state index >= 15 is 0 Å². The third-order valence-corrected chi connectivity index (χ3v) is 3.42. The van der Waals surface area contributed by atoms with Crippen molar-refractivity contribution < 1.29 is 4.79 Å². The van der Waals surface area contributed by atoms with E-state index in [1.165, 1.54) is 0 Å². The van der Waals surface area contributed by atoms with Crippen LogP contribution >= 0.6 is 0 Å². The van der Waals surface area contributed by atoms with E-state index in [2.05, 4.69) is 36.2 Å². The molecule has 108 valence electrons. The quantitative estimate of drug-likeness (QED) is 0.932. The van der Waals surface area contributed by atoms with E-state index in [1.54, 1.807) is 6.20 Å². The van der Waals surface area contributed by atoms with Crippen LogP contribution in [0.25, 0.3) is 11.0 Å². The lowest BCUT2D eigenvalue weighted by atomic mass is 10.1. The summed E-state index contributed by atoms with van der Waals surface area (Å²) in [6, 6.07) is 2.20. The number of aryl methyl sites for hydroxylation is 1. The lowest BCUT2D eigenvalue weighted by Crippen LogP contribution is -2.32. The van der Waals surface area contributed by atoms with Gasteiger partial charge in [-0.1, -0.05) is 6.92 Å². The summed E-state index contributed by atoms with van der Waals surface area (Å²) in [7, 11) is 0. The zero-order valence-electron chi connectivity index (χ0n) is 12.8. The van der Waals surface area contributed by atoms with Crippen LogP contribution in [0, 0.1) is 6.92 Å². The molecule has 0 saturated heterocycles. The Morgan fingerprint density at radius 2 is 2.10 bits per heavy atom. The molecule has 0 saturated carbocycles. The molecule has 0 aliphatic heterocycles. The molecule has 1 unspecified atom stereocenters. The molecule has 0 aliphatic carbocycles. The summed E-state index contributed by atoms with van der Waals surface area (Å²) in [5.41, 5.74) is 2.25. The Kier molecular flexibility index (Phi) is 4.06. The first kappa shape index (κ1) is 14.5. The van der Waals surface area contributed by atoms with Gasteiger partial charge in [0.25, 0.3) is 5.91 Å². The van der Waals surface area contributed by atoms with Crippen LogP contribution in [0.4, 0.5) is 0 Å². The van der Waals surface area contributed by atoms with Gasteiger partial charge in [0.05, 0.1) is 17.1 Å². The van der Waals surface area contributed by atoms with Crippen LogP contribution in [0.2, 0.25) is 0 Å². The van der Waals surface area contributed by atoms with Gasteiger partial charge in [-0.15, -0.1) is 0 Å². The molecule has 2 aromatic rings. The lowest BCUT2D eigenvalue weighted by molar-refractivity contribution is 0.0941. The summed E-state index contributed by atoms with van der Waals surface area (Å²) in [6.07, 6.45) is 2.64. The normalized spacial score (nSPS) is 12.9. The van der Waals surface area contributed by atoms with E-state index in [1.807, 2.05) is 24.6 Å². The number of nitrogens with zero attached hydrogens (tertiary/aromatic N) is 3. The molecule has 0 spiro atoms. The zero-order valence-corrected chi connectivity index (χ0v) is 12.8. The van der Waals surface area contributed by atoms with Gasteiger partial charge >= 0.3 is 0 Å². The minimum atomic E-state index is -0.0573. The second-order valence-electron chi connectivity index (χ2n) is 5.51. The van der Waals surface area contributed by atoms with Gasteiger partial charge in [0.1, 0.15) is 0 Å². The average Bonchev–Trinajstić information content (AvgIpc) is 2.80. The highest BCUT2D eigenvalue weighted by molar-refractivity contribution is 6.05. The largest absolute Gasteiger partial charge is 0.350 e. The second kappa shape index (κ2) is 5.61. The van der Waals surface area contributed by atoms with Gasteiger partial charge < -0.3 is 5.32 Å². The fourth-order valence-electron chi connectivity index (χ4n) is 2.11. The van der Waals surface area contributed by atoms with Crippen molar-refractivity contribution in [3.8, 4) is 0 Å². The molecule has 0 fully saturated rings. The highest BCUT2D eigenvalue weighted by atomic mass is 16.1. The summed E-state index contributed by atoms with van der Waals surface area (Å²) in [6.45, 7) is 10.1. The van der Waals surface area contributed by atoms with Gasteiger partial charge in [0, 0.05) is 17.8 Å². The predicted molar refractivity (Wildman–Crippen MR) is 79.9 cm³/mol. The zero-order chi connectivity index (χ0) is 14.9. The van der Waals surface area contributed by atoms with Gasteiger partial charge in [-0.2, -0.15) is 5.10 Å². The maximum Gasteiger partial charge on any atom is 0.252 e. The number of fused-ring (bicyclic) bond motifs is 1. The topological polar surface area (TPSA) is 59.8 Å². The van der Waals surface area contributed by atoms with E-state index in [0.29, 0.717) is 5.56 Å². The Morgan fingerprint density at radius 1 is 1.40 bits per heavy atom. The molecular weight excluding hydrogens is 252 g/mol. The van der Waals surface area contributed by atoms with Crippen LogP contribution < -0.4 is 5.32 Å². The number of carbonyl (C=O) groups is 1. The summed E-state index contributed by atoms with van der Waals surface area (Å²) < 4.78 is 1.85. The van der Waals surface area contributed by atoms with Gasteiger partial charge in [-0.05, 0) is 40.2 Å². The first-order valence-corrected chi connectivity index (χ1v) is 7.09. The number of nitrogens with one attached hydrogen (secondary N) is 1. The molecule has 20 heavy (non-hydrogen) atoms. The van der Waals surface area contributed by atoms with Crippen LogP contribution in [0.1, 0.15) is 56.2 Å². The predicted octanol–water partition coefficient (Wildman–Crippen LogP) is 2.85. The van der Waals surface area contributed by atoms with E-state index in [0.717, 1.165) is 23.1 Å². The summed E-state index contributed by atoms with van der Waals surface area (Å²) in [5, 5.41) is 8.16. The highest BCUT2D eigenvalue weighted by Crippen LogP contribution is 2.21. The smallest absolute Gasteiger partial charge is 0.252 e. The summed E-state index contributed by atoms with van der Waals surface area (Å²) >= 11 is 0. The molecule has 0 radical (unpaired) electrons. The Hall–Kier alpha value is -1.91. The van der Waals surface area contributed by atoms with Gasteiger partial charge in [0.2, 0.25) is 0 Å². The number of hydrogen-bond donors (Lipinski definition) is 1. The van der Waals surface area contributed by atoms with Gasteiger partial charge in [0.15, 0.2) is 5.65 Å². The fraction of sp³-hybridized carbons (Fsp3) is 0.533. The maximum absolute atomic E-state index is 12.4. The number of hydrogen-bond acceptors (Lipinski definition) is 3. The number of aromatic nitrogens is 3. The summed E-state index contributed by atoms with van der Waals surface area (Å²) in [5.74, 6) is -0.0573. The first-order valence-electron chi connectivity index (χ1n) is 7.09. The van der Waals surface area contributed by atoms with Crippen molar-refractivity contribution in [2.45, 2.75) is 53.1 Å². The minimum Gasteiger partial charge on any atom is -0.350 e. The Labute approximate surface area is 119 Å². The van der Waals surface area contributed by atoms with E-state index < -0.39 is 0 Å². The van der Waals surface area contributed by atoms with Crippen molar-refractivity contribution in [1.29, 1.82) is 0 Å². The molecule has 1 N–H and O–H groups in total. The maximum atomic E-state index is 12.4. The molecule has 0 aromatic carbocycles. The van der Waals surface area contributed by atoms with Crippen LogP contribution in [0.15, 0.2) is 12.3 Å². The molecule has 5 nitrogen and oxygen atoms in total. The Bertz CT molecular complexity index is 630. The van der Waals surface area contributed by atoms with Crippen molar-refractivity contribution in [1.82, 2.24) is 20.1 Å². The van der Waals surface area contributed by atoms with Gasteiger partial charge in [-0.3, -0.25) is 4.79 Å². The number of rotatable bonds is 4. The Balaban J connectivity index is 2.51. The van der Waals surface area contributed by atoms with E-state index in [-0.39, 0.29) is 18.0 Å². The monoisotopic (exact) mass is 274 g/mol. The number of carbonyl (C=O) groups excluding carboxylic acids is 1. The number of amides is 1. The van der Waals surface area contributed by atoms with E-state index in [9.17, 15) is 4.79 Å². The molecule has 5 heteroatoms. The molecule has 2 aromatic heterocycles. The second-order valence-corrected chi connectivity index (χ2v) is 5.51. The number of pyridine rings is 1. The van der Waals surface area contributed by atoms with Crippen LogP contribution in [0.5, 0.6) is 0 Å². The third kappa shape index (κ3) is 2.66. The highest BCUT2D eigenvalue weighted by Gasteiger charge is 2.17.